The number of carbonyl (C=O) groups is 1. The predicted molar refractivity (Wildman–Crippen MR) is 136 cm³/mol. The van der Waals surface area contributed by atoms with Crippen molar-refractivity contribution in [1.29, 1.82) is 0 Å². The summed E-state index contributed by atoms with van der Waals surface area (Å²) in [7, 11) is 0. The van der Waals surface area contributed by atoms with Gasteiger partial charge in [-0.3, -0.25) is 9.97 Å². The standard InChI is InChI=1S/C27H31BrN2O4/c1-14(2)33-26(31)25(34-27(5,6)7)20-15(3)30-16(4)23(28)22(20)18-8-9-19-21-17(11-13-32-19)10-12-29-24(18)21/h8-10,12,14,25H,11,13H2,1-7H3. The minimum Gasteiger partial charge on any atom is -0.493 e. The molecule has 180 valence electrons. The lowest BCUT2D eigenvalue weighted by atomic mass is 9.90. The highest BCUT2D eigenvalue weighted by Crippen LogP contribution is 2.45. The molecule has 1 atom stereocenters. The second kappa shape index (κ2) is 9.27. The Hall–Kier alpha value is -2.51. The van der Waals surface area contributed by atoms with Gasteiger partial charge in [0, 0.05) is 44.9 Å². The molecule has 34 heavy (non-hydrogen) atoms. The number of hydrogen-bond donors (Lipinski definition) is 0. The van der Waals surface area contributed by atoms with Crippen molar-refractivity contribution in [3.63, 3.8) is 0 Å². The summed E-state index contributed by atoms with van der Waals surface area (Å²) in [5.41, 5.74) is 5.37. The Labute approximate surface area is 209 Å². The van der Waals surface area contributed by atoms with Crippen LogP contribution in [0.4, 0.5) is 0 Å². The van der Waals surface area contributed by atoms with Crippen LogP contribution in [0.5, 0.6) is 5.75 Å². The number of pyridine rings is 2. The summed E-state index contributed by atoms with van der Waals surface area (Å²) in [6, 6.07) is 6.03. The highest BCUT2D eigenvalue weighted by atomic mass is 79.9. The fourth-order valence-corrected chi connectivity index (χ4v) is 4.92. The van der Waals surface area contributed by atoms with E-state index in [0.717, 1.165) is 44.4 Å². The second-order valence-corrected chi connectivity index (χ2v) is 10.7. The monoisotopic (exact) mass is 526 g/mol. The third kappa shape index (κ3) is 4.68. The number of aromatic nitrogens is 2. The van der Waals surface area contributed by atoms with Crippen LogP contribution in [0, 0.1) is 13.8 Å². The lowest BCUT2D eigenvalue weighted by molar-refractivity contribution is -0.171. The normalized spacial score (nSPS) is 14.3. The molecule has 0 fully saturated rings. The van der Waals surface area contributed by atoms with E-state index in [4.69, 9.17) is 24.2 Å². The lowest BCUT2D eigenvalue weighted by Gasteiger charge is -2.30. The van der Waals surface area contributed by atoms with Crippen LogP contribution in [-0.2, 0) is 20.7 Å². The van der Waals surface area contributed by atoms with Gasteiger partial charge in [-0.15, -0.1) is 0 Å². The minimum absolute atomic E-state index is 0.275. The Morgan fingerprint density at radius 2 is 1.88 bits per heavy atom. The number of halogens is 1. The third-order valence-electron chi connectivity index (χ3n) is 5.67. The molecule has 0 amide bonds. The minimum atomic E-state index is -0.955. The largest absolute Gasteiger partial charge is 0.493 e. The van der Waals surface area contributed by atoms with Crippen molar-refractivity contribution < 1.29 is 19.0 Å². The molecule has 0 N–H and O–H groups in total. The molecule has 3 heterocycles. The van der Waals surface area contributed by atoms with E-state index in [-0.39, 0.29) is 6.10 Å². The van der Waals surface area contributed by atoms with Crippen molar-refractivity contribution in [3.05, 3.63) is 51.4 Å². The summed E-state index contributed by atoms with van der Waals surface area (Å²) in [5, 5.41) is 1.01. The fourth-order valence-electron chi connectivity index (χ4n) is 4.40. The Bertz CT molecular complexity index is 1250. The molecule has 0 saturated carbocycles. The molecule has 1 aliphatic heterocycles. The fraction of sp³-hybridized carbons (Fsp3) is 0.444. The molecule has 2 aromatic heterocycles. The van der Waals surface area contributed by atoms with Gasteiger partial charge in [0.05, 0.1) is 29.5 Å². The first-order chi connectivity index (χ1) is 16.0. The van der Waals surface area contributed by atoms with Gasteiger partial charge in [0.2, 0.25) is 0 Å². The van der Waals surface area contributed by atoms with Crippen molar-refractivity contribution in [2.75, 3.05) is 6.61 Å². The van der Waals surface area contributed by atoms with Crippen LogP contribution in [0.1, 0.15) is 63.2 Å². The maximum atomic E-state index is 13.4. The molecular formula is C27H31BrN2O4. The molecular weight excluding hydrogens is 496 g/mol. The third-order valence-corrected chi connectivity index (χ3v) is 6.64. The van der Waals surface area contributed by atoms with Crippen LogP contribution < -0.4 is 4.74 Å². The molecule has 0 saturated heterocycles. The van der Waals surface area contributed by atoms with E-state index in [1.807, 2.05) is 72.9 Å². The molecule has 6 nitrogen and oxygen atoms in total. The zero-order valence-corrected chi connectivity index (χ0v) is 22.4. The first kappa shape index (κ1) is 24.6. The number of nitrogens with zero attached hydrogens (tertiary/aromatic N) is 2. The van der Waals surface area contributed by atoms with E-state index in [1.54, 1.807) is 0 Å². The van der Waals surface area contributed by atoms with Crippen LogP contribution >= 0.6 is 15.9 Å². The van der Waals surface area contributed by atoms with Gasteiger partial charge in [-0.05, 0) is 88.2 Å². The van der Waals surface area contributed by atoms with E-state index in [0.29, 0.717) is 17.9 Å². The van der Waals surface area contributed by atoms with E-state index in [2.05, 4.69) is 15.9 Å². The van der Waals surface area contributed by atoms with Gasteiger partial charge >= 0.3 is 5.97 Å². The average Bonchev–Trinajstić information content (AvgIpc) is 2.75. The van der Waals surface area contributed by atoms with Crippen molar-refractivity contribution >= 4 is 32.8 Å². The Morgan fingerprint density at radius 3 is 2.56 bits per heavy atom. The van der Waals surface area contributed by atoms with Gasteiger partial charge in [0.25, 0.3) is 0 Å². The van der Waals surface area contributed by atoms with Crippen molar-refractivity contribution in [2.24, 2.45) is 0 Å². The van der Waals surface area contributed by atoms with Crippen LogP contribution in [0.3, 0.4) is 0 Å². The highest BCUT2D eigenvalue weighted by Gasteiger charge is 2.35. The van der Waals surface area contributed by atoms with Crippen LogP contribution in [-0.4, -0.2) is 34.2 Å². The Balaban J connectivity index is 2.04. The summed E-state index contributed by atoms with van der Waals surface area (Å²) in [4.78, 5) is 22.9. The summed E-state index contributed by atoms with van der Waals surface area (Å²) >= 11 is 3.77. The van der Waals surface area contributed by atoms with Crippen molar-refractivity contribution in [2.45, 2.75) is 72.7 Å². The van der Waals surface area contributed by atoms with E-state index >= 15 is 0 Å². The zero-order chi connectivity index (χ0) is 24.8. The summed E-state index contributed by atoms with van der Waals surface area (Å²) in [6.45, 7) is 13.9. The topological polar surface area (TPSA) is 70.5 Å². The summed E-state index contributed by atoms with van der Waals surface area (Å²) in [5.74, 6) is 0.390. The van der Waals surface area contributed by atoms with Gasteiger partial charge in [0.1, 0.15) is 5.75 Å². The molecule has 3 aromatic rings. The number of ether oxygens (including phenoxy) is 3. The number of hydrogen-bond acceptors (Lipinski definition) is 6. The molecule has 0 bridgehead atoms. The Kier molecular flexibility index (Phi) is 6.71. The summed E-state index contributed by atoms with van der Waals surface area (Å²) < 4.78 is 18.7. The van der Waals surface area contributed by atoms with Gasteiger partial charge in [-0.2, -0.15) is 0 Å². The van der Waals surface area contributed by atoms with Crippen molar-refractivity contribution in [1.82, 2.24) is 9.97 Å². The molecule has 1 unspecified atom stereocenters. The first-order valence-electron chi connectivity index (χ1n) is 11.6. The highest BCUT2D eigenvalue weighted by molar-refractivity contribution is 9.10. The van der Waals surface area contributed by atoms with Gasteiger partial charge in [-0.1, -0.05) is 0 Å². The Morgan fingerprint density at radius 1 is 1.15 bits per heavy atom. The van der Waals surface area contributed by atoms with Crippen LogP contribution in [0.15, 0.2) is 28.9 Å². The van der Waals surface area contributed by atoms with Gasteiger partial charge in [0.15, 0.2) is 6.10 Å². The molecule has 0 spiro atoms. The molecule has 1 aliphatic rings. The van der Waals surface area contributed by atoms with Crippen LogP contribution in [0.25, 0.3) is 22.0 Å². The molecule has 0 aliphatic carbocycles. The molecule has 4 rings (SSSR count). The van der Waals surface area contributed by atoms with Crippen molar-refractivity contribution in [3.8, 4) is 16.9 Å². The van der Waals surface area contributed by atoms with Gasteiger partial charge in [-0.25, -0.2) is 4.79 Å². The molecule has 0 radical (unpaired) electrons. The molecule has 1 aromatic carbocycles. The van der Waals surface area contributed by atoms with E-state index in [1.165, 1.54) is 5.56 Å². The number of esters is 1. The smallest absolute Gasteiger partial charge is 0.340 e. The number of rotatable bonds is 5. The average molecular weight is 527 g/mol. The SMILES string of the molecule is Cc1nc(C)c(C(OC(C)(C)C)C(=O)OC(C)C)c(-c2ccc3c4c(ccnc24)CCO3)c1Br. The number of benzene rings is 1. The van der Waals surface area contributed by atoms with Crippen LogP contribution in [0.2, 0.25) is 0 Å². The van der Waals surface area contributed by atoms with Gasteiger partial charge < -0.3 is 14.2 Å². The maximum absolute atomic E-state index is 13.4. The summed E-state index contributed by atoms with van der Waals surface area (Å²) in [6.07, 6.45) is 1.43. The second-order valence-electron chi connectivity index (χ2n) is 9.88. The number of carbonyl (C=O) groups excluding carboxylic acids is 1. The number of aryl methyl sites for hydroxylation is 2. The first-order valence-corrected chi connectivity index (χ1v) is 12.4. The predicted octanol–water partition coefficient (Wildman–Crippen LogP) is 6.42. The lowest BCUT2D eigenvalue weighted by Crippen LogP contribution is -2.31. The maximum Gasteiger partial charge on any atom is 0.340 e. The zero-order valence-electron chi connectivity index (χ0n) is 20.8. The van der Waals surface area contributed by atoms with E-state index < -0.39 is 17.7 Å². The van der Waals surface area contributed by atoms with E-state index in [9.17, 15) is 4.79 Å². The quantitative estimate of drug-likeness (QED) is 0.357. The molecule has 7 heteroatoms.